The van der Waals surface area contributed by atoms with Gasteiger partial charge in [0.25, 0.3) is 0 Å². The van der Waals surface area contributed by atoms with Crippen LogP contribution in [0.1, 0.15) is 90.8 Å². The van der Waals surface area contributed by atoms with Crippen LogP contribution < -0.4 is 0 Å². The molecule has 3 atom stereocenters. The number of ketones is 3. The molecule has 0 amide bonds. The molecule has 0 aliphatic rings. The first-order valence-electron chi connectivity index (χ1n) is 18.9. The summed E-state index contributed by atoms with van der Waals surface area (Å²) in [5.74, 6) is -1.13. The molecule has 56 heavy (non-hydrogen) atoms. The Labute approximate surface area is 329 Å². The minimum Gasteiger partial charge on any atom is -0.382 e. The molecular weight excluding hydrogens is 697 g/mol. The molecule has 0 radical (unpaired) electrons. The van der Waals surface area contributed by atoms with E-state index in [1.54, 1.807) is 31.2 Å². The van der Waals surface area contributed by atoms with E-state index < -0.39 is 22.6 Å². The van der Waals surface area contributed by atoms with Crippen LogP contribution in [0.4, 0.5) is 0 Å². The quantitative estimate of drug-likeness (QED) is 0.0859. The van der Waals surface area contributed by atoms with Crippen molar-refractivity contribution in [1.82, 2.24) is 0 Å². The number of hydrogen-bond acceptors (Lipinski definition) is 6. The van der Waals surface area contributed by atoms with Gasteiger partial charge in [-0.2, -0.15) is 0 Å². The number of rotatable bonds is 16. The fraction of sp³-hybridized carbons (Fsp3) is 0.220. The van der Waals surface area contributed by atoms with Crippen molar-refractivity contribution in [1.29, 1.82) is 0 Å². The maximum absolute atomic E-state index is 14.3. The third kappa shape index (κ3) is 9.89. The molecule has 0 fully saturated rings. The Hall–Kier alpha value is -5.79. The van der Waals surface area contributed by atoms with E-state index in [4.69, 9.17) is 0 Å². The molecule has 6 aromatic carbocycles. The zero-order chi connectivity index (χ0) is 39.9. The molecular formula is C50H48O6. The summed E-state index contributed by atoms with van der Waals surface area (Å²) in [7, 11) is 0. The number of hydrogen-bond donors (Lipinski definition) is 3. The Morgan fingerprint density at radius 2 is 0.732 bits per heavy atom. The Bertz CT molecular complexity index is 2270. The van der Waals surface area contributed by atoms with Crippen LogP contribution in [0.15, 0.2) is 158 Å². The minimum absolute atomic E-state index is 0.138. The highest BCUT2D eigenvalue weighted by Gasteiger charge is 2.34. The predicted octanol–water partition coefficient (Wildman–Crippen LogP) is 8.40. The van der Waals surface area contributed by atoms with Crippen LogP contribution in [-0.2, 0) is 32.1 Å². The van der Waals surface area contributed by atoms with E-state index in [0.717, 1.165) is 38.9 Å². The summed E-state index contributed by atoms with van der Waals surface area (Å²) in [4.78, 5) is 40.9. The second-order valence-corrected chi connectivity index (χ2v) is 15.5. The van der Waals surface area contributed by atoms with E-state index in [1.807, 2.05) is 133 Å². The molecule has 6 aromatic rings. The van der Waals surface area contributed by atoms with E-state index in [-0.39, 0.29) is 30.8 Å². The van der Waals surface area contributed by atoms with Crippen LogP contribution in [0.25, 0.3) is 0 Å². The van der Waals surface area contributed by atoms with E-state index >= 15 is 0 Å². The molecule has 0 aliphatic heterocycles. The van der Waals surface area contributed by atoms with Gasteiger partial charge in [-0.25, -0.2) is 0 Å². The van der Waals surface area contributed by atoms with Gasteiger partial charge in [-0.1, -0.05) is 152 Å². The van der Waals surface area contributed by atoms with E-state index in [2.05, 4.69) is 0 Å². The summed E-state index contributed by atoms with van der Waals surface area (Å²) in [5, 5.41) is 33.8. The number of carbonyl (C=O) groups is 3. The second kappa shape index (κ2) is 16.9. The number of aliphatic hydroxyl groups is 3. The van der Waals surface area contributed by atoms with Crippen LogP contribution in [0.2, 0.25) is 0 Å². The van der Waals surface area contributed by atoms with Crippen LogP contribution in [0.3, 0.4) is 0 Å². The van der Waals surface area contributed by atoms with Gasteiger partial charge >= 0.3 is 0 Å². The molecule has 6 nitrogen and oxygen atoms in total. The van der Waals surface area contributed by atoms with Gasteiger partial charge < -0.3 is 15.3 Å². The molecule has 3 unspecified atom stereocenters. The lowest BCUT2D eigenvalue weighted by Gasteiger charge is -2.24. The first kappa shape index (κ1) is 39.9. The van der Waals surface area contributed by atoms with Gasteiger partial charge in [0.2, 0.25) is 0 Å². The molecule has 3 N–H and O–H groups in total. The highest BCUT2D eigenvalue weighted by molar-refractivity contribution is 6.04. The van der Waals surface area contributed by atoms with E-state index in [0.29, 0.717) is 29.5 Å². The standard InChI is InChI=1S/C50H48O6/c1-48(54,32-37-13-7-4-8-14-37)45(51)41-24-19-35(20-25-41)29-40-23-28-43(44(31-40)47(53)50(3,56)34-39-17-11-6-12-18-39)30-36-21-26-42(27-22-36)46(52)49(2,55)33-38-15-9-5-10-16-38/h4-28,31,54-56H,29-30,32-34H2,1-3H3. The molecule has 6 rings (SSSR count). The van der Waals surface area contributed by atoms with Gasteiger partial charge in [0, 0.05) is 36.0 Å². The summed E-state index contributed by atoms with van der Waals surface area (Å²) in [6.07, 6.45) is 1.37. The van der Waals surface area contributed by atoms with Crippen LogP contribution in [-0.4, -0.2) is 49.5 Å². The average molecular weight is 745 g/mol. The summed E-state index contributed by atoms with van der Waals surface area (Å²) < 4.78 is 0. The maximum atomic E-state index is 14.3. The van der Waals surface area contributed by atoms with Gasteiger partial charge in [-0.05, 0) is 78.6 Å². The van der Waals surface area contributed by atoms with Gasteiger partial charge in [0.15, 0.2) is 17.3 Å². The number of Topliss-reactive ketones (excluding diaryl/α,β-unsaturated/α-hetero) is 3. The highest BCUT2D eigenvalue weighted by atomic mass is 16.3. The molecule has 0 spiro atoms. The van der Waals surface area contributed by atoms with E-state index in [1.165, 1.54) is 13.8 Å². The van der Waals surface area contributed by atoms with Crippen molar-refractivity contribution in [3.63, 3.8) is 0 Å². The molecule has 0 aliphatic carbocycles. The Balaban J connectivity index is 1.23. The zero-order valence-electron chi connectivity index (χ0n) is 32.1. The fourth-order valence-electron chi connectivity index (χ4n) is 7.24. The topological polar surface area (TPSA) is 112 Å². The zero-order valence-corrected chi connectivity index (χ0v) is 32.1. The predicted molar refractivity (Wildman–Crippen MR) is 220 cm³/mol. The third-order valence-electron chi connectivity index (χ3n) is 10.3. The van der Waals surface area contributed by atoms with Crippen LogP contribution in [0, 0.1) is 0 Å². The fourth-order valence-corrected chi connectivity index (χ4v) is 7.24. The summed E-state index contributed by atoms with van der Waals surface area (Å²) in [6.45, 7) is 4.61. The van der Waals surface area contributed by atoms with Gasteiger partial charge in [-0.15, -0.1) is 0 Å². The van der Waals surface area contributed by atoms with Crippen molar-refractivity contribution in [3.05, 3.63) is 213 Å². The first-order chi connectivity index (χ1) is 26.7. The minimum atomic E-state index is -1.69. The first-order valence-corrected chi connectivity index (χ1v) is 18.9. The van der Waals surface area contributed by atoms with Crippen molar-refractivity contribution in [2.75, 3.05) is 0 Å². The Morgan fingerprint density at radius 3 is 1.12 bits per heavy atom. The number of benzene rings is 6. The van der Waals surface area contributed by atoms with Gasteiger partial charge in [0.05, 0.1) is 0 Å². The largest absolute Gasteiger partial charge is 0.382 e. The van der Waals surface area contributed by atoms with Crippen molar-refractivity contribution in [2.45, 2.75) is 69.7 Å². The van der Waals surface area contributed by atoms with Crippen molar-refractivity contribution >= 4 is 17.3 Å². The monoisotopic (exact) mass is 744 g/mol. The summed E-state index contributed by atoms with van der Waals surface area (Å²) in [6, 6.07) is 48.1. The second-order valence-electron chi connectivity index (χ2n) is 15.5. The van der Waals surface area contributed by atoms with Crippen LogP contribution in [0.5, 0.6) is 0 Å². The normalized spacial score (nSPS) is 14.5. The van der Waals surface area contributed by atoms with Gasteiger partial charge in [0.1, 0.15) is 16.8 Å². The lowest BCUT2D eigenvalue weighted by Crippen LogP contribution is -2.38. The van der Waals surface area contributed by atoms with Crippen molar-refractivity contribution in [2.24, 2.45) is 0 Å². The lowest BCUT2D eigenvalue weighted by molar-refractivity contribution is 0.0407. The molecule has 0 saturated carbocycles. The molecule has 0 bridgehead atoms. The smallest absolute Gasteiger partial charge is 0.194 e. The molecule has 0 heterocycles. The summed E-state index contributed by atoms with van der Waals surface area (Å²) in [5.41, 5.74) is 2.28. The van der Waals surface area contributed by atoms with Crippen molar-refractivity contribution in [3.8, 4) is 0 Å². The maximum Gasteiger partial charge on any atom is 0.194 e. The third-order valence-corrected chi connectivity index (χ3v) is 10.3. The number of carbonyl (C=O) groups excluding carboxylic acids is 3. The molecule has 6 heteroatoms. The highest BCUT2D eigenvalue weighted by Crippen LogP contribution is 2.27. The molecule has 284 valence electrons. The molecule has 0 saturated heterocycles. The van der Waals surface area contributed by atoms with Crippen molar-refractivity contribution < 1.29 is 29.7 Å². The lowest BCUT2D eigenvalue weighted by atomic mass is 9.84. The van der Waals surface area contributed by atoms with Crippen LogP contribution >= 0.6 is 0 Å². The average Bonchev–Trinajstić information content (AvgIpc) is 3.19. The Morgan fingerprint density at radius 1 is 0.393 bits per heavy atom. The van der Waals surface area contributed by atoms with Gasteiger partial charge in [-0.3, -0.25) is 14.4 Å². The van der Waals surface area contributed by atoms with E-state index in [9.17, 15) is 29.7 Å². The SMILES string of the molecule is CC(O)(Cc1ccccc1)C(=O)c1ccc(Cc2ccc(Cc3ccc(C(=O)C(C)(O)Cc4ccccc4)cc3)c(C(=O)C(C)(O)Cc3ccccc3)c2)cc1. The summed E-state index contributed by atoms with van der Waals surface area (Å²) >= 11 is 0. The molecule has 0 aromatic heterocycles. The Kier molecular flexibility index (Phi) is 12.1.